The molecule has 2 N–H and O–H groups in total. The van der Waals surface area contributed by atoms with Crippen molar-refractivity contribution in [1.82, 2.24) is 4.98 Å². The summed E-state index contributed by atoms with van der Waals surface area (Å²) in [4.78, 5) is 19.4. The molecule has 14 heavy (non-hydrogen) atoms. The van der Waals surface area contributed by atoms with Crippen LogP contribution in [-0.2, 0) is 13.4 Å². The summed E-state index contributed by atoms with van der Waals surface area (Å²) in [7, 11) is -6.40. The molecule has 1 rings (SSSR count). The summed E-state index contributed by atoms with van der Waals surface area (Å²) < 4.78 is 22.3. The lowest BCUT2D eigenvalue weighted by molar-refractivity contribution is 0.371. The van der Waals surface area contributed by atoms with E-state index in [2.05, 4.69) is 9.29 Å². The van der Waals surface area contributed by atoms with Crippen LogP contribution in [0, 0.1) is 6.92 Å². The van der Waals surface area contributed by atoms with Crippen LogP contribution in [0.25, 0.3) is 0 Å². The van der Waals surface area contributed by atoms with Gasteiger partial charge in [0, 0.05) is 11.9 Å². The van der Waals surface area contributed by atoms with E-state index in [1.54, 1.807) is 6.20 Å². The van der Waals surface area contributed by atoms with E-state index in [0.29, 0.717) is 0 Å². The zero-order chi connectivity index (χ0) is 11.0. The number of rotatable bonds is 2. The molecule has 1 aromatic heterocycles. The van der Waals surface area contributed by atoms with E-state index in [0.717, 1.165) is 5.69 Å². The van der Waals surface area contributed by atoms with Crippen molar-refractivity contribution in [2.45, 2.75) is 6.92 Å². The topological polar surface area (TPSA) is 96.7 Å². The van der Waals surface area contributed by atoms with Crippen LogP contribution in [0.2, 0.25) is 0 Å². The summed E-state index contributed by atoms with van der Waals surface area (Å²) in [6.45, 7) is 1.97. The van der Waals surface area contributed by atoms with Crippen molar-refractivity contribution in [3.8, 4) is 0 Å². The molecular weight excluding hydrogens is 228 g/mol. The van der Waals surface area contributed by atoms with Gasteiger partial charge in [-0.15, -0.1) is 0 Å². The largest absolute Gasteiger partial charge is 0.326 e. The Balaban J connectivity index is 0.000000241. The monoisotopic (exact) mass is 239 g/mol. The summed E-state index contributed by atoms with van der Waals surface area (Å²) in [5.41, 5.74) is 1.07. The van der Waals surface area contributed by atoms with Gasteiger partial charge in [0.2, 0.25) is 0 Å². The maximum absolute atomic E-state index is 9.44. The quantitative estimate of drug-likeness (QED) is 0.751. The van der Waals surface area contributed by atoms with Crippen LogP contribution in [0.15, 0.2) is 24.4 Å². The number of pyridine rings is 1. The third-order valence-electron chi connectivity index (χ3n) is 0.987. The van der Waals surface area contributed by atoms with Crippen LogP contribution < -0.4 is 0 Å². The Hall–Kier alpha value is -0.510. The fourth-order valence-corrected chi connectivity index (χ4v) is 1.12. The SMILES string of the molecule is Cc1ccccn1.O=[PH](O)O[PH](=O)O. The van der Waals surface area contributed by atoms with Crippen LogP contribution in [0.5, 0.6) is 0 Å². The molecule has 0 aromatic carbocycles. The maximum Gasteiger partial charge on any atom is 0.323 e. The molecule has 0 saturated heterocycles. The van der Waals surface area contributed by atoms with Gasteiger partial charge in [0.15, 0.2) is 0 Å². The second kappa shape index (κ2) is 7.85. The number of hydrogen-bond donors (Lipinski definition) is 2. The van der Waals surface area contributed by atoms with E-state index in [1.165, 1.54) is 0 Å². The van der Waals surface area contributed by atoms with Gasteiger partial charge < -0.3 is 9.79 Å². The van der Waals surface area contributed by atoms with Gasteiger partial charge in [0.05, 0.1) is 0 Å². The highest BCUT2D eigenvalue weighted by Crippen LogP contribution is 2.30. The van der Waals surface area contributed by atoms with Gasteiger partial charge in [-0.3, -0.25) is 14.1 Å². The van der Waals surface area contributed by atoms with E-state index < -0.39 is 16.5 Å². The number of aromatic nitrogens is 1. The zero-order valence-electron chi connectivity index (χ0n) is 7.38. The fraction of sp³-hybridized carbons (Fsp3) is 0.167. The lowest BCUT2D eigenvalue weighted by Crippen LogP contribution is -1.72. The van der Waals surface area contributed by atoms with Crippen LogP contribution in [0.1, 0.15) is 5.69 Å². The van der Waals surface area contributed by atoms with Crippen molar-refractivity contribution in [2.75, 3.05) is 0 Å². The molecule has 6 nitrogen and oxygen atoms in total. The highest BCUT2D eigenvalue weighted by atomic mass is 31.2. The predicted molar refractivity (Wildman–Crippen MR) is 52.5 cm³/mol. The molecule has 0 aliphatic rings. The van der Waals surface area contributed by atoms with Gasteiger partial charge in [0.1, 0.15) is 0 Å². The maximum atomic E-state index is 9.44. The highest BCUT2D eigenvalue weighted by molar-refractivity contribution is 7.46. The van der Waals surface area contributed by atoms with Crippen molar-refractivity contribution in [2.24, 2.45) is 0 Å². The summed E-state index contributed by atoms with van der Waals surface area (Å²) in [5.74, 6) is 0. The lowest BCUT2D eigenvalue weighted by atomic mass is 10.4. The first-order valence-electron chi connectivity index (χ1n) is 3.53. The third-order valence-corrected chi connectivity index (χ3v) is 2.38. The molecule has 2 unspecified atom stereocenters. The lowest BCUT2D eigenvalue weighted by Gasteiger charge is -1.86. The first-order valence-corrected chi connectivity index (χ1v) is 6.06. The minimum atomic E-state index is -3.20. The van der Waals surface area contributed by atoms with Crippen molar-refractivity contribution >= 4 is 16.5 Å². The van der Waals surface area contributed by atoms with E-state index in [1.807, 2.05) is 25.1 Å². The van der Waals surface area contributed by atoms with E-state index in [-0.39, 0.29) is 0 Å². The Labute approximate surface area is 82.5 Å². The first kappa shape index (κ1) is 13.5. The second-order valence-electron chi connectivity index (χ2n) is 2.10. The molecule has 2 atom stereocenters. The van der Waals surface area contributed by atoms with Crippen LogP contribution in [-0.4, -0.2) is 14.8 Å². The Morgan fingerprint density at radius 1 is 1.29 bits per heavy atom. The van der Waals surface area contributed by atoms with Crippen LogP contribution in [0.3, 0.4) is 0 Å². The molecule has 0 spiro atoms. The first-order chi connectivity index (χ1) is 6.52. The van der Waals surface area contributed by atoms with Gasteiger partial charge in [-0.05, 0) is 19.1 Å². The Bertz CT molecular complexity index is 292. The Kier molecular flexibility index (Phi) is 7.57. The highest BCUT2D eigenvalue weighted by Gasteiger charge is 1.93. The minimum absolute atomic E-state index is 1.07. The van der Waals surface area contributed by atoms with Crippen molar-refractivity contribution in [3.63, 3.8) is 0 Å². The van der Waals surface area contributed by atoms with Gasteiger partial charge in [-0.1, -0.05) is 6.07 Å². The molecule has 80 valence electrons. The summed E-state index contributed by atoms with van der Waals surface area (Å²) in [6.07, 6.45) is 1.79. The van der Waals surface area contributed by atoms with E-state index >= 15 is 0 Å². The number of hydrogen-bond acceptors (Lipinski definition) is 4. The van der Waals surface area contributed by atoms with Crippen molar-refractivity contribution < 1.29 is 23.2 Å². The average Bonchev–Trinajstić information content (AvgIpc) is 2.03. The van der Waals surface area contributed by atoms with Crippen molar-refractivity contribution in [3.05, 3.63) is 30.1 Å². The smallest absolute Gasteiger partial charge is 0.323 e. The predicted octanol–water partition coefficient (Wildman–Crippen LogP) is 1.16. The van der Waals surface area contributed by atoms with Gasteiger partial charge in [-0.25, -0.2) is 4.31 Å². The molecule has 0 radical (unpaired) electrons. The summed E-state index contributed by atoms with van der Waals surface area (Å²) >= 11 is 0. The molecule has 0 amide bonds. The summed E-state index contributed by atoms with van der Waals surface area (Å²) in [6, 6.07) is 5.86. The minimum Gasteiger partial charge on any atom is -0.326 e. The molecule has 0 aliphatic carbocycles. The van der Waals surface area contributed by atoms with Crippen LogP contribution >= 0.6 is 16.5 Å². The number of nitrogens with zero attached hydrogens (tertiary/aromatic N) is 1. The summed E-state index contributed by atoms with van der Waals surface area (Å²) in [5, 5.41) is 0. The average molecular weight is 239 g/mol. The van der Waals surface area contributed by atoms with Gasteiger partial charge >= 0.3 is 16.5 Å². The molecular formula is C6H11NO5P2. The molecule has 8 heteroatoms. The molecule has 1 aromatic rings. The molecule has 0 fully saturated rings. The van der Waals surface area contributed by atoms with Gasteiger partial charge in [-0.2, -0.15) is 0 Å². The third kappa shape index (κ3) is 9.58. The molecule has 0 bridgehead atoms. The normalized spacial score (nSPS) is 13.6. The van der Waals surface area contributed by atoms with Crippen LogP contribution in [0.4, 0.5) is 0 Å². The molecule has 0 saturated carbocycles. The van der Waals surface area contributed by atoms with Crippen molar-refractivity contribution in [1.29, 1.82) is 0 Å². The standard InChI is InChI=1S/C6H7N.H4O5P2/c1-6-4-2-3-5-7-6;1-6(2)5-7(3)4/h2-5H,1H3;6-7H,(H,1,2)(H,3,4). The number of aryl methyl sites for hydroxylation is 1. The Morgan fingerprint density at radius 2 is 1.86 bits per heavy atom. The Morgan fingerprint density at radius 3 is 2.00 bits per heavy atom. The van der Waals surface area contributed by atoms with Gasteiger partial charge in [0.25, 0.3) is 0 Å². The zero-order valence-corrected chi connectivity index (χ0v) is 9.38. The second-order valence-corrected chi connectivity index (χ2v) is 3.99. The van der Waals surface area contributed by atoms with E-state index in [9.17, 15) is 9.13 Å². The fourth-order valence-electron chi connectivity index (χ4n) is 0.523. The molecule has 1 heterocycles. The van der Waals surface area contributed by atoms with E-state index in [4.69, 9.17) is 9.79 Å². The molecule has 0 aliphatic heterocycles.